The third-order valence-electron chi connectivity index (χ3n) is 5.57. The maximum absolute atomic E-state index is 12.6. The van der Waals surface area contributed by atoms with Gasteiger partial charge in [0.2, 0.25) is 5.91 Å². The molecule has 0 spiro atoms. The number of amides is 1. The van der Waals surface area contributed by atoms with Crippen LogP contribution in [0.25, 0.3) is 11.3 Å². The maximum Gasteiger partial charge on any atom is 0.267 e. The third kappa shape index (κ3) is 4.47. The van der Waals surface area contributed by atoms with E-state index in [-0.39, 0.29) is 30.1 Å². The lowest BCUT2D eigenvalue weighted by atomic mass is 10.1. The number of nitrogens with zero attached hydrogens (tertiary/aromatic N) is 4. The lowest BCUT2D eigenvalue weighted by Crippen LogP contribution is -2.39. The number of nitrogens with one attached hydrogen (secondary N) is 1. The number of aryl methyl sites for hydroxylation is 3. The summed E-state index contributed by atoms with van der Waals surface area (Å²) in [6.45, 7) is 4.14. The Bertz CT molecular complexity index is 1230. The lowest BCUT2D eigenvalue weighted by Gasteiger charge is -2.15. The number of rotatable bonds is 6. The van der Waals surface area contributed by atoms with E-state index in [1.807, 2.05) is 31.2 Å². The van der Waals surface area contributed by atoms with Crippen molar-refractivity contribution < 1.29 is 4.79 Å². The SMILES string of the molecule is Cc1ccc(-c2ccc(=O)n(C(C)C(=O)NCCn3nc4c(cc3=O)CCC4)n2)cc1. The molecule has 160 valence electrons. The Morgan fingerprint density at radius 1 is 1.06 bits per heavy atom. The van der Waals surface area contributed by atoms with Crippen LogP contribution in [-0.2, 0) is 24.2 Å². The van der Waals surface area contributed by atoms with Crippen molar-refractivity contribution in [2.45, 2.75) is 45.7 Å². The van der Waals surface area contributed by atoms with Gasteiger partial charge in [-0.1, -0.05) is 29.8 Å². The number of benzene rings is 1. The molecule has 0 saturated carbocycles. The molecule has 2 aromatic heterocycles. The molecule has 1 N–H and O–H groups in total. The van der Waals surface area contributed by atoms with Gasteiger partial charge in [-0.25, -0.2) is 9.36 Å². The Morgan fingerprint density at radius 2 is 1.84 bits per heavy atom. The molecule has 1 aromatic carbocycles. The van der Waals surface area contributed by atoms with Gasteiger partial charge in [-0.2, -0.15) is 10.2 Å². The summed E-state index contributed by atoms with van der Waals surface area (Å²) < 4.78 is 2.57. The van der Waals surface area contributed by atoms with E-state index in [0.29, 0.717) is 5.69 Å². The fourth-order valence-electron chi connectivity index (χ4n) is 3.72. The number of aromatic nitrogens is 4. The molecule has 0 fully saturated rings. The standard InChI is InChI=1S/C23H25N5O3/c1-15-6-8-17(9-7-15)20-10-11-21(29)28(26-20)16(2)23(31)24-12-13-27-22(30)14-18-4-3-5-19(18)25-27/h6-11,14,16H,3-5,12-13H2,1-2H3,(H,24,31). The minimum atomic E-state index is -0.789. The monoisotopic (exact) mass is 419 g/mol. The summed E-state index contributed by atoms with van der Waals surface area (Å²) >= 11 is 0. The molecular weight excluding hydrogens is 394 g/mol. The first kappa shape index (κ1) is 20.7. The summed E-state index contributed by atoms with van der Waals surface area (Å²) in [5.74, 6) is -0.343. The Labute approximate surface area is 179 Å². The predicted octanol–water partition coefficient (Wildman–Crippen LogP) is 1.64. The van der Waals surface area contributed by atoms with Gasteiger partial charge in [-0.15, -0.1) is 0 Å². The van der Waals surface area contributed by atoms with Crippen LogP contribution in [0, 0.1) is 6.92 Å². The topological polar surface area (TPSA) is 98.9 Å². The van der Waals surface area contributed by atoms with Crippen LogP contribution in [0.5, 0.6) is 0 Å². The predicted molar refractivity (Wildman–Crippen MR) is 117 cm³/mol. The molecule has 0 bridgehead atoms. The van der Waals surface area contributed by atoms with E-state index >= 15 is 0 Å². The number of hydrogen-bond donors (Lipinski definition) is 1. The van der Waals surface area contributed by atoms with E-state index in [9.17, 15) is 14.4 Å². The van der Waals surface area contributed by atoms with Gasteiger partial charge in [0.15, 0.2) is 0 Å². The van der Waals surface area contributed by atoms with Crippen LogP contribution in [0.15, 0.2) is 52.1 Å². The van der Waals surface area contributed by atoms with Crippen LogP contribution in [-0.4, -0.2) is 32.0 Å². The normalized spacial score (nSPS) is 13.6. The Hall–Kier alpha value is -3.55. The lowest BCUT2D eigenvalue weighted by molar-refractivity contribution is -0.124. The molecule has 2 heterocycles. The third-order valence-corrected chi connectivity index (χ3v) is 5.57. The number of hydrogen-bond acceptors (Lipinski definition) is 5. The average molecular weight is 419 g/mol. The Balaban J connectivity index is 1.43. The fraction of sp³-hybridized carbons (Fsp3) is 0.348. The Morgan fingerprint density at radius 3 is 2.61 bits per heavy atom. The van der Waals surface area contributed by atoms with E-state index in [1.54, 1.807) is 19.1 Å². The van der Waals surface area contributed by atoms with Gasteiger partial charge in [0.05, 0.1) is 17.9 Å². The number of carbonyl (C=O) groups is 1. The van der Waals surface area contributed by atoms with Crippen molar-refractivity contribution in [3.8, 4) is 11.3 Å². The van der Waals surface area contributed by atoms with Gasteiger partial charge in [-0.05, 0) is 44.7 Å². The second-order valence-electron chi connectivity index (χ2n) is 7.87. The molecule has 1 atom stereocenters. The van der Waals surface area contributed by atoms with E-state index < -0.39 is 6.04 Å². The number of carbonyl (C=O) groups excluding carboxylic acids is 1. The first-order valence-electron chi connectivity index (χ1n) is 10.5. The molecule has 1 aliphatic carbocycles. The van der Waals surface area contributed by atoms with Gasteiger partial charge in [-0.3, -0.25) is 14.4 Å². The molecule has 0 saturated heterocycles. The molecule has 1 aliphatic rings. The zero-order valence-corrected chi connectivity index (χ0v) is 17.7. The van der Waals surface area contributed by atoms with Gasteiger partial charge in [0.1, 0.15) is 6.04 Å². The number of fused-ring (bicyclic) bond motifs is 1. The summed E-state index contributed by atoms with van der Waals surface area (Å²) in [6.07, 6.45) is 2.80. The molecule has 0 radical (unpaired) electrons. The van der Waals surface area contributed by atoms with Gasteiger partial charge in [0, 0.05) is 24.2 Å². The van der Waals surface area contributed by atoms with Crippen LogP contribution < -0.4 is 16.4 Å². The smallest absolute Gasteiger partial charge is 0.267 e. The van der Waals surface area contributed by atoms with Crippen LogP contribution >= 0.6 is 0 Å². The fourth-order valence-corrected chi connectivity index (χ4v) is 3.72. The highest BCUT2D eigenvalue weighted by molar-refractivity contribution is 5.79. The first-order valence-corrected chi connectivity index (χ1v) is 10.5. The highest BCUT2D eigenvalue weighted by atomic mass is 16.2. The molecule has 8 nitrogen and oxygen atoms in total. The molecule has 0 aliphatic heterocycles. The van der Waals surface area contributed by atoms with Crippen molar-refractivity contribution in [3.05, 3.63) is 80.0 Å². The summed E-state index contributed by atoms with van der Waals surface area (Å²) in [4.78, 5) is 37.1. The second kappa shape index (κ2) is 8.67. The van der Waals surface area contributed by atoms with Gasteiger partial charge in [0.25, 0.3) is 11.1 Å². The van der Waals surface area contributed by atoms with Crippen molar-refractivity contribution in [3.63, 3.8) is 0 Å². The van der Waals surface area contributed by atoms with Crippen LogP contribution in [0.2, 0.25) is 0 Å². The zero-order chi connectivity index (χ0) is 22.0. The quantitative estimate of drug-likeness (QED) is 0.655. The second-order valence-corrected chi connectivity index (χ2v) is 7.87. The van der Waals surface area contributed by atoms with Crippen molar-refractivity contribution in [2.24, 2.45) is 0 Å². The summed E-state index contributed by atoms with van der Waals surface area (Å²) in [5, 5.41) is 11.6. The zero-order valence-electron chi connectivity index (χ0n) is 17.7. The van der Waals surface area contributed by atoms with Crippen LogP contribution in [0.1, 0.15) is 36.2 Å². The summed E-state index contributed by atoms with van der Waals surface area (Å²) in [5.41, 5.74) is 4.09. The van der Waals surface area contributed by atoms with Crippen molar-refractivity contribution in [1.29, 1.82) is 0 Å². The van der Waals surface area contributed by atoms with Crippen LogP contribution in [0.4, 0.5) is 0 Å². The van der Waals surface area contributed by atoms with Gasteiger partial charge >= 0.3 is 0 Å². The molecule has 8 heteroatoms. The van der Waals surface area contributed by atoms with E-state index in [1.165, 1.54) is 15.4 Å². The molecule has 1 amide bonds. The highest BCUT2D eigenvalue weighted by Gasteiger charge is 2.18. The van der Waals surface area contributed by atoms with Crippen molar-refractivity contribution in [1.82, 2.24) is 24.9 Å². The van der Waals surface area contributed by atoms with E-state index in [4.69, 9.17) is 0 Å². The van der Waals surface area contributed by atoms with E-state index in [0.717, 1.165) is 41.6 Å². The summed E-state index contributed by atoms with van der Waals surface area (Å²) in [6, 6.07) is 11.7. The van der Waals surface area contributed by atoms with Crippen molar-refractivity contribution in [2.75, 3.05) is 6.54 Å². The Kier molecular flexibility index (Phi) is 5.79. The highest BCUT2D eigenvalue weighted by Crippen LogP contribution is 2.17. The van der Waals surface area contributed by atoms with E-state index in [2.05, 4.69) is 15.5 Å². The van der Waals surface area contributed by atoms with Crippen LogP contribution in [0.3, 0.4) is 0 Å². The summed E-state index contributed by atoms with van der Waals surface area (Å²) in [7, 11) is 0. The molecule has 1 unspecified atom stereocenters. The first-order chi connectivity index (χ1) is 14.9. The molecule has 31 heavy (non-hydrogen) atoms. The van der Waals surface area contributed by atoms with Crippen molar-refractivity contribution >= 4 is 5.91 Å². The van der Waals surface area contributed by atoms with Gasteiger partial charge < -0.3 is 5.32 Å². The minimum absolute atomic E-state index is 0.161. The minimum Gasteiger partial charge on any atom is -0.352 e. The molecule has 3 aromatic rings. The molecule has 4 rings (SSSR count). The average Bonchev–Trinajstić information content (AvgIpc) is 3.21. The maximum atomic E-state index is 12.6. The largest absolute Gasteiger partial charge is 0.352 e. The molecular formula is C23H25N5O3.